The number of aryl methyl sites for hydroxylation is 2. The van der Waals surface area contributed by atoms with Gasteiger partial charge in [-0.15, -0.1) is 0 Å². The number of hydrogen-bond acceptors (Lipinski definition) is 2. The van der Waals surface area contributed by atoms with Crippen molar-refractivity contribution in [3.8, 4) is 0 Å². The number of hydrogen-bond donors (Lipinski definition) is 0. The van der Waals surface area contributed by atoms with Crippen LogP contribution in [0.15, 0.2) is 42.5 Å². The first-order valence-corrected chi connectivity index (χ1v) is 6.34. The third-order valence-electron chi connectivity index (χ3n) is 3.39. The Bertz CT molecular complexity index is 600. The van der Waals surface area contributed by atoms with Crippen molar-refractivity contribution >= 4 is 5.97 Å². The Morgan fingerprint density at radius 2 is 1.79 bits per heavy atom. The highest BCUT2D eigenvalue weighted by molar-refractivity contribution is 5.91. The molecule has 0 aliphatic rings. The SMILES string of the molecule is COC(=O)c1ccccc1Cc1ccc(C)c(C)c1. The van der Waals surface area contributed by atoms with Crippen molar-refractivity contribution in [1.82, 2.24) is 0 Å². The summed E-state index contributed by atoms with van der Waals surface area (Å²) in [5, 5.41) is 0. The van der Waals surface area contributed by atoms with Gasteiger partial charge in [-0.25, -0.2) is 4.79 Å². The zero-order valence-electron chi connectivity index (χ0n) is 11.6. The Balaban J connectivity index is 2.32. The number of carbonyl (C=O) groups excluding carboxylic acids is 1. The number of esters is 1. The van der Waals surface area contributed by atoms with E-state index in [9.17, 15) is 4.79 Å². The van der Waals surface area contributed by atoms with E-state index in [1.165, 1.54) is 23.8 Å². The molecule has 0 bridgehead atoms. The molecule has 2 rings (SSSR count). The minimum absolute atomic E-state index is 0.278. The first-order chi connectivity index (χ1) is 9.11. The van der Waals surface area contributed by atoms with Crippen LogP contribution in [0.5, 0.6) is 0 Å². The Kier molecular flexibility index (Phi) is 4.00. The molecule has 98 valence electrons. The molecule has 0 saturated carbocycles. The van der Waals surface area contributed by atoms with Gasteiger partial charge < -0.3 is 4.74 Å². The molecule has 0 atom stereocenters. The maximum atomic E-state index is 11.7. The molecule has 2 heteroatoms. The first-order valence-electron chi connectivity index (χ1n) is 6.34. The fourth-order valence-electron chi connectivity index (χ4n) is 2.12. The maximum Gasteiger partial charge on any atom is 0.338 e. The standard InChI is InChI=1S/C17H18O2/c1-12-8-9-14(10-13(12)2)11-15-6-4-5-7-16(15)17(18)19-3/h4-10H,11H2,1-3H3. The lowest BCUT2D eigenvalue weighted by Crippen LogP contribution is -2.06. The fourth-order valence-corrected chi connectivity index (χ4v) is 2.12. The van der Waals surface area contributed by atoms with Crippen molar-refractivity contribution in [3.05, 3.63) is 70.3 Å². The number of methoxy groups -OCH3 is 1. The number of carbonyl (C=O) groups is 1. The van der Waals surface area contributed by atoms with E-state index in [-0.39, 0.29) is 5.97 Å². The molecule has 0 spiro atoms. The Hall–Kier alpha value is -2.09. The van der Waals surface area contributed by atoms with Crippen LogP contribution in [0.4, 0.5) is 0 Å². The van der Waals surface area contributed by atoms with Crippen molar-refractivity contribution < 1.29 is 9.53 Å². The monoisotopic (exact) mass is 254 g/mol. The molecule has 0 radical (unpaired) electrons. The van der Waals surface area contributed by atoms with Crippen LogP contribution < -0.4 is 0 Å². The molecule has 0 saturated heterocycles. The summed E-state index contributed by atoms with van der Waals surface area (Å²) in [6.45, 7) is 4.20. The van der Waals surface area contributed by atoms with Gasteiger partial charge in [-0.1, -0.05) is 36.4 Å². The van der Waals surface area contributed by atoms with E-state index in [4.69, 9.17) is 4.74 Å². The molecule has 0 fully saturated rings. The molecular weight excluding hydrogens is 236 g/mol. The van der Waals surface area contributed by atoms with Gasteiger partial charge in [-0.05, 0) is 48.6 Å². The second-order valence-corrected chi connectivity index (χ2v) is 4.74. The molecule has 19 heavy (non-hydrogen) atoms. The van der Waals surface area contributed by atoms with Crippen LogP contribution >= 0.6 is 0 Å². The Morgan fingerprint density at radius 3 is 2.47 bits per heavy atom. The van der Waals surface area contributed by atoms with Crippen molar-refractivity contribution in [2.75, 3.05) is 7.11 Å². The van der Waals surface area contributed by atoms with E-state index >= 15 is 0 Å². The Morgan fingerprint density at radius 1 is 1.05 bits per heavy atom. The van der Waals surface area contributed by atoms with Gasteiger partial charge in [0.25, 0.3) is 0 Å². The van der Waals surface area contributed by atoms with Crippen molar-refractivity contribution in [2.24, 2.45) is 0 Å². The van der Waals surface area contributed by atoms with Crippen LogP contribution in [0.3, 0.4) is 0 Å². The normalized spacial score (nSPS) is 10.3. The van der Waals surface area contributed by atoms with Crippen molar-refractivity contribution in [3.63, 3.8) is 0 Å². The van der Waals surface area contributed by atoms with Gasteiger partial charge in [-0.3, -0.25) is 0 Å². The third-order valence-corrected chi connectivity index (χ3v) is 3.39. The average Bonchev–Trinajstić information content (AvgIpc) is 2.43. The predicted molar refractivity (Wildman–Crippen MR) is 76.5 cm³/mol. The lowest BCUT2D eigenvalue weighted by Gasteiger charge is -2.09. The zero-order valence-corrected chi connectivity index (χ0v) is 11.6. The van der Waals surface area contributed by atoms with E-state index in [1.807, 2.05) is 24.3 Å². The quantitative estimate of drug-likeness (QED) is 0.781. The number of ether oxygens (including phenoxy) is 1. The van der Waals surface area contributed by atoms with Gasteiger partial charge in [0.15, 0.2) is 0 Å². The third kappa shape index (κ3) is 3.02. The zero-order chi connectivity index (χ0) is 13.8. The van der Waals surface area contributed by atoms with Gasteiger partial charge in [0.1, 0.15) is 0 Å². The van der Waals surface area contributed by atoms with Gasteiger partial charge in [0, 0.05) is 0 Å². The van der Waals surface area contributed by atoms with Crippen LogP contribution in [0.2, 0.25) is 0 Å². The summed E-state index contributed by atoms with van der Waals surface area (Å²) in [5.74, 6) is -0.278. The fraction of sp³-hybridized carbons (Fsp3) is 0.235. The minimum atomic E-state index is -0.278. The molecule has 0 unspecified atom stereocenters. The molecule has 2 aromatic rings. The van der Waals surface area contributed by atoms with E-state index in [0.29, 0.717) is 5.56 Å². The largest absolute Gasteiger partial charge is 0.465 e. The van der Waals surface area contributed by atoms with Crippen LogP contribution in [0, 0.1) is 13.8 Å². The van der Waals surface area contributed by atoms with E-state index in [1.54, 1.807) is 0 Å². The second-order valence-electron chi connectivity index (χ2n) is 4.74. The van der Waals surface area contributed by atoms with E-state index < -0.39 is 0 Å². The van der Waals surface area contributed by atoms with Gasteiger partial charge in [0.05, 0.1) is 12.7 Å². The molecule has 0 N–H and O–H groups in total. The van der Waals surface area contributed by atoms with Crippen LogP contribution in [-0.4, -0.2) is 13.1 Å². The van der Waals surface area contributed by atoms with Gasteiger partial charge in [0.2, 0.25) is 0 Å². The highest BCUT2D eigenvalue weighted by Crippen LogP contribution is 2.17. The number of rotatable bonds is 3. The molecule has 0 aliphatic carbocycles. The smallest absolute Gasteiger partial charge is 0.338 e. The van der Waals surface area contributed by atoms with Crippen LogP contribution in [0.1, 0.15) is 32.6 Å². The summed E-state index contributed by atoms with van der Waals surface area (Å²) in [7, 11) is 1.41. The van der Waals surface area contributed by atoms with Crippen LogP contribution in [0.25, 0.3) is 0 Å². The highest BCUT2D eigenvalue weighted by atomic mass is 16.5. The number of benzene rings is 2. The minimum Gasteiger partial charge on any atom is -0.465 e. The molecule has 0 heterocycles. The van der Waals surface area contributed by atoms with E-state index in [2.05, 4.69) is 32.0 Å². The van der Waals surface area contributed by atoms with Gasteiger partial charge >= 0.3 is 5.97 Å². The summed E-state index contributed by atoms with van der Waals surface area (Å²) in [6, 6.07) is 14.0. The summed E-state index contributed by atoms with van der Waals surface area (Å²) < 4.78 is 4.82. The van der Waals surface area contributed by atoms with Crippen LogP contribution in [-0.2, 0) is 11.2 Å². The molecule has 0 aliphatic heterocycles. The molecule has 0 aromatic heterocycles. The average molecular weight is 254 g/mol. The summed E-state index contributed by atoms with van der Waals surface area (Å²) in [6.07, 6.45) is 0.742. The predicted octanol–water partition coefficient (Wildman–Crippen LogP) is 3.68. The lowest BCUT2D eigenvalue weighted by molar-refractivity contribution is 0.0599. The topological polar surface area (TPSA) is 26.3 Å². The second kappa shape index (κ2) is 5.70. The summed E-state index contributed by atoms with van der Waals surface area (Å²) in [5.41, 5.74) is 5.40. The summed E-state index contributed by atoms with van der Waals surface area (Å²) in [4.78, 5) is 11.7. The Labute approximate surface area is 114 Å². The molecular formula is C17H18O2. The van der Waals surface area contributed by atoms with Crippen molar-refractivity contribution in [2.45, 2.75) is 20.3 Å². The van der Waals surface area contributed by atoms with Gasteiger partial charge in [-0.2, -0.15) is 0 Å². The highest BCUT2D eigenvalue weighted by Gasteiger charge is 2.11. The molecule has 2 nitrogen and oxygen atoms in total. The molecule has 2 aromatic carbocycles. The summed E-state index contributed by atoms with van der Waals surface area (Å²) >= 11 is 0. The van der Waals surface area contributed by atoms with Crippen molar-refractivity contribution in [1.29, 1.82) is 0 Å². The lowest BCUT2D eigenvalue weighted by atomic mass is 9.97. The first kappa shape index (κ1) is 13.3. The maximum absolute atomic E-state index is 11.7. The molecule has 0 amide bonds. The van der Waals surface area contributed by atoms with E-state index in [0.717, 1.165) is 12.0 Å².